The van der Waals surface area contributed by atoms with Gasteiger partial charge in [-0.1, -0.05) is 19.1 Å². The van der Waals surface area contributed by atoms with Crippen molar-refractivity contribution in [1.82, 2.24) is 4.90 Å². The van der Waals surface area contributed by atoms with Crippen LogP contribution in [0.2, 0.25) is 0 Å². The minimum absolute atomic E-state index is 0. The zero-order chi connectivity index (χ0) is 17.0. The molecule has 0 radical (unpaired) electrons. The average Bonchev–Trinajstić information content (AvgIpc) is 2.44. The molecule has 0 heterocycles. The van der Waals surface area contributed by atoms with E-state index in [1.165, 1.54) is 0 Å². The summed E-state index contributed by atoms with van der Waals surface area (Å²) >= 11 is 0. The van der Waals surface area contributed by atoms with Crippen molar-refractivity contribution in [2.24, 2.45) is 4.99 Å². The van der Waals surface area contributed by atoms with Gasteiger partial charge in [0.2, 0.25) is 0 Å². The van der Waals surface area contributed by atoms with Gasteiger partial charge in [0, 0.05) is 13.1 Å². The summed E-state index contributed by atoms with van der Waals surface area (Å²) in [7, 11) is 0. The number of aliphatic carboxylic acids is 1. The van der Waals surface area contributed by atoms with Crippen LogP contribution >= 0.6 is 0 Å². The van der Waals surface area contributed by atoms with Gasteiger partial charge in [-0.05, 0) is 45.4 Å². The van der Waals surface area contributed by atoms with Crippen LogP contribution in [0.15, 0.2) is 17.1 Å². The summed E-state index contributed by atoms with van der Waals surface area (Å²) in [4.78, 5) is 16.6. The van der Waals surface area contributed by atoms with Gasteiger partial charge < -0.3 is 20.3 Å². The molecule has 0 aliphatic carbocycles. The van der Waals surface area contributed by atoms with Crippen molar-refractivity contribution in [3.63, 3.8) is 0 Å². The molecule has 0 aromatic heterocycles. The smallest absolute Gasteiger partial charge is 0.862 e. The van der Waals surface area contributed by atoms with Gasteiger partial charge in [0.1, 0.15) is 6.04 Å². The van der Waals surface area contributed by atoms with Crippen molar-refractivity contribution in [3.8, 4) is 0 Å². The van der Waals surface area contributed by atoms with E-state index in [-0.39, 0.29) is 70.4 Å². The number of hydrogen-bond acceptors (Lipinski definition) is 5. The number of carboxylic acids is 1. The van der Waals surface area contributed by atoms with Gasteiger partial charge in [0.05, 0.1) is 12.6 Å². The van der Waals surface area contributed by atoms with Crippen LogP contribution < -0.4 is 56.5 Å². The minimum atomic E-state index is -0.949. The molecule has 128 valence electrons. The van der Waals surface area contributed by atoms with Gasteiger partial charge in [0.15, 0.2) is 0 Å². The van der Waals surface area contributed by atoms with E-state index in [1.54, 1.807) is 18.7 Å². The number of carbonyl (C=O) groups is 1. The zero-order valence-electron chi connectivity index (χ0n) is 14.9. The maximum Gasteiger partial charge on any atom is 1.00 e. The molecule has 0 aliphatic heterocycles. The molecular weight excluding hydrogens is 323 g/mol. The normalized spacial score (nSPS) is 14.7. The van der Waals surface area contributed by atoms with E-state index in [1.807, 2.05) is 0 Å². The number of rotatable bonds is 12. The second-order valence-electron chi connectivity index (χ2n) is 5.41. The van der Waals surface area contributed by atoms with Crippen molar-refractivity contribution in [3.05, 3.63) is 12.2 Å². The summed E-state index contributed by atoms with van der Waals surface area (Å²) in [6.45, 7) is 6.08. The fourth-order valence-electron chi connectivity index (χ4n) is 1.98. The van der Waals surface area contributed by atoms with Crippen LogP contribution in [0.4, 0.5) is 0 Å². The average molecular weight is 353 g/mol. The first-order valence-electron chi connectivity index (χ1n) is 7.88. The van der Waals surface area contributed by atoms with Gasteiger partial charge in [-0.2, -0.15) is 0 Å². The number of aliphatic hydroxyl groups excluding tert-OH is 1. The Morgan fingerprint density at radius 1 is 1.35 bits per heavy atom. The van der Waals surface area contributed by atoms with Gasteiger partial charge in [-0.25, -0.2) is 0 Å². The number of allylic oxidation sites excluding steroid dienone is 2. The number of carboxylic acid groups (broad SMARTS) is 1. The second-order valence-corrected chi connectivity index (χ2v) is 5.41. The minimum Gasteiger partial charge on any atom is -0.862 e. The van der Waals surface area contributed by atoms with Crippen molar-refractivity contribution < 1.29 is 71.5 Å². The number of aliphatic imine (C=N–C) groups is 1. The number of unbranched alkanes of at least 4 members (excludes halogenated alkanes) is 1. The molecule has 2 N–H and O–H groups in total. The Kier molecular flexibility index (Phi) is 17.4. The Balaban J connectivity index is 0. The molecule has 0 spiro atoms. The van der Waals surface area contributed by atoms with Gasteiger partial charge in [0.25, 0.3) is 0 Å². The maximum atomic E-state index is 11.6. The topological polar surface area (TPSA) is 96.2 Å². The quantitative estimate of drug-likeness (QED) is 0.140. The molecular formula is C16H29KN2O4. The summed E-state index contributed by atoms with van der Waals surface area (Å²) in [6.07, 6.45) is 6.58. The molecule has 0 bridgehead atoms. The summed E-state index contributed by atoms with van der Waals surface area (Å²) in [5.41, 5.74) is 0. The van der Waals surface area contributed by atoms with E-state index in [9.17, 15) is 15.0 Å². The van der Waals surface area contributed by atoms with Gasteiger partial charge >= 0.3 is 57.4 Å². The van der Waals surface area contributed by atoms with Crippen LogP contribution in [0.3, 0.4) is 0 Å². The molecule has 0 aliphatic rings. The molecule has 23 heavy (non-hydrogen) atoms. The van der Waals surface area contributed by atoms with E-state index in [0.717, 1.165) is 19.3 Å². The number of aliphatic hydroxyl groups is 1. The Morgan fingerprint density at radius 2 is 2.00 bits per heavy atom. The standard InChI is InChI=1S/C16H30N2O4.K/c1-4-5-6-7-8-9-15(20)17-10-11-18(12-13(2)19)14(3)16(21)22;/h5-6,13-14,19H,4,7-12H2,1-3H3,(H,17,20)(H,21,22);/q;+1/p-1/b6-5+;. The van der Waals surface area contributed by atoms with Gasteiger partial charge in [-0.3, -0.25) is 9.69 Å². The van der Waals surface area contributed by atoms with Gasteiger partial charge in [-0.15, -0.1) is 0 Å². The first-order chi connectivity index (χ1) is 10.4. The molecule has 0 rings (SSSR count). The summed E-state index contributed by atoms with van der Waals surface area (Å²) < 4.78 is 0. The fraction of sp³-hybridized carbons (Fsp3) is 0.750. The Morgan fingerprint density at radius 3 is 2.52 bits per heavy atom. The number of nitrogens with zero attached hydrogens (tertiary/aromatic N) is 2. The summed E-state index contributed by atoms with van der Waals surface area (Å²) in [6, 6.07) is -0.709. The van der Waals surface area contributed by atoms with Crippen LogP contribution in [-0.4, -0.2) is 58.8 Å². The third kappa shape index (κ3) is 14.3. The van der Waals surface area contributed by atoms with E-state index < -0.39 is 18.1 Å². The molecule has 2 atom stereocenters. The summed E-state index contributed by atoms with van der Waals surface area (Å²) in [5.74, 6) is -1.10. The largest absolute Gasteiger partial charge is 1.00 e. The molecule has 0 fully saturated rings. The first kappa shape index (κ1) is 25.5. The van der Waals surface area contributed by atoms with E-state index in [0.29, 0.717) is 13.0 Å². The van der Waals surface area contributed by atoms with Crippen LogP contribution in [0.25, 0.3) is 0 Å². The van der Waals surface area contributed by atoms with Crippen LogP contribution in [-0.2, 0) is 4.79 Å². The Labute approximate surface area is 182 Å². The first-order valence-corrected chi connectivity index (χ1v) is 7.88. The Bertz CT molecular complexity index is 373. The van der Waals surface area contributed by atoms with Crippen molar-refractivity contribution >= 4 is 11.9 Å². The van der Waals surface area contributed by atoms with Crippen molar-refractivity contribution in [2.45, 2.75) is 58.6 Å². The van der Waals surface area contributed by atoms with E-state index in [4.69, 9.17) is 5.11 Å². The van der Waals surface area contributed by atoms with Crippen LogP contribution in [0, 0.1) is 0 Å². The third-order valence-electron chi connectivity index (χ3n) is 3.24. The van der Waals surface area contributed by atoms with Crippen LogP contribution in [0.5, 0.6) is 0 Å². The molecule has 2 unspecified atom stereocenters. The molecule has 6 nitrogen and oxygen atoms in total. The third-order valence-corrected chi connectivity index (χ3v) is 3.24. The summed E-state index contributed by atoms with van der Waals surface area (Å²) in [5, 5.41) is 30.1. The molecule has 0 saturated carbocycles. The van der Waals surface area contributed by atoms with Crippen molar-refractivity contribution in [1.29, 1.82) is 0 Å². The molecule has 0 aromatic rings. The van der Waals surface area contributed by atoms with E-state index >= 15 is 0 Å². The molecule has 0 amide bonds. The monoisotopic (exact) mass is 352 g/mol. The predicted molar refractivity (Wildman–Crippen MR) is 85.9 cm³/mol. The molecule has 0 saturated heterocycles. The predicted octanol–water partition coefficient (Wildman–Crippen LogP) is -1.96. The number of hydrogen-bond donors (Lipinski definition) is 2. The maximum absolute atomic E-state index is 11.6. The molecule has 7 heteroatoms. The fourth-order valence-corrected chi connectivity index (χ4v) is 1.98. The van der Waals surface area contributed by atoms with E-state index in [2.05, 4.69) is 24.1 Å². The SMILES string of the molecule is CC/C=C/CCCC([O-])=NCCN(CC(C)O)C(C)C(=O)O.[K+]. The van der Waals surface area contributed by atoms with Crippen molar-refractivity contribution in [2.75, 3.05) is 19.6 Å². The second kappa shape index (κ2) is 15.7. The zero-order valence-corrected chi connectivity index (χ0v) is 18.0. The Hall–Kier alpha value is 0.236. The molecule has 0 aromatic carbocycles. The van der Waals surface area contributed by atoms with Crippen LogP contribution in [0.1, 0.15) is 46.5 Å².